The van der Waals surface area contributed by atoms with Gasteiger partial charge < -0.3 is 5.32 Å². The number of thiazole rings is 1. The third-order valence-electron chi connectivity index (χ3n) is 3.60. The van der Waals surface area contributed by atoms with E-state index in [0.717, 1.165) is 22.8 Å². The number of amides is 2. The van der Waals surface area contributed by atoms with Crippen LogP contribution in [0.1, 0.15) is 22.7 Å². The minimum Gasteiger partial charge on any atom is -0.326 e. The summed E-state index contributed by atoms with van der Waals surface area (Å²) in [5, 5.41) is 5.05. The molecule has 1 N–H and O–H groups in total. The van der Waals surface area contributed by atoms with E-state index in [2.05, 4.69) is 15.3 Å². The SMILES string of the molecule is Cc1csc(CC2=NC(=O)[C@H](CC(=O)Nc3cccc(C(F)(F)F)c3)S2)n1. The van der Waals surface area contributed by atoms with Crippen molar-refractivity contribution in [2.75, 3.05) is 5.32 Å². The lowest BCUT2D eigenvalue weighted by Crippen LogP contribution is -2.21. The van der Waals surface area contributed by atoms with Crippen LogP contribution < -0.4 is 5.32 Å². The Morgan fingerprint density at radius 1 is 1.33 bits per heavy atom. The summed E-state index contributed by atoms with van der Waals surface area (Å²) >= 11 is 2.67. The van der Waals surface area contributed by atoms with Crippen molar-refractivity contribution in [3.8, 4) is 0 Å². The van der Waals surface area contributed by atoms with Crippen molar-refractivity contribution in [2.24, 2.45) is 4.99 Å². The number of halogens is 3. The number of rotatable bonds is 5. The predicted octanol–water partition coefficient (Wildman–Crippen LogP) is 4.08. The summed E-state index contributed by atoms with van der Waals surface area (Å²) in [6, 6.07) is 4.36. The van der Waals surface area contributed by atoms with Crippen molar-refractivity contribution in [1.82, 2.24) is 4.98 Å². The third-order valence-corrected chi connectivity index (χ3v) is 5.73. The van der Waals surface area contributed by atoms with E-state index in [0.29, 0.717) is 11.5 Å². The highest BCUT2D eigenvalue weighted by Gasteiger charge is 2.32. The molecule has 10 heteroatoms. The van der Waals surface area contributed by atoms with Crippen molar-refractivity contribution < 1.29 is 22.8 Å². The number of hydrogen-bond acceptors (Lipinski definition) is 5. The molecular formula is C17H14F3N3O2S2. The summed E-state index contributed by atoms with van der Waals surface area (Å²) in [6.07, 6.45) is -4.22. The second kappa shape index (κ2) is 7.81. The molecule has 142 valence electrons. The number of anilines is 1. The molecule has 0 bridgehead atoms. The molecule has 5 nitrogen and oxygen atoms in total. The first kappa shape index (κ1) is 19.6. The van der Waals surface area contributed by atoms with Gasteiger partial charge in [-0.3, -0.25) is 9.59 Å². The zero-order valence-corrected chi connectivity index (χ0v) is 15.7. The van der Waals surface area contributed by atoms with Crippen LogP contribution >= 0.6 is 23.1 Å². The van der Waals surface area contributed by atoms with Crippen molar-refractivity contribution in [1.29, 1.82) is 0 Å². The van der Waals surface area contributed by atoms with Crippen LogP contribution in [0.3, 0.4) is 0 Å². The van der Waals surface area contributed by atoms with Crippen LogP contribution in [-0.4, -0.2) is 27.1 Å². The summed E-state index contributed by atoms with van der Waals surface area (Å²) < 4.78 is 38.2. The summed E-state index contributed by atoms with van der Waals surface area (Å²) in [5.41, 5.74) is 0.0718. The van der Waals surface area contributed by atoms with Crippen molar-refractivity contribution >= 4 is 45.6 Å². The maximum Gasteiger partial charge on any atom is 0.416 e. The maximum atomic E-state index is 12.7. The maximum absolute atomic E-state index is 12.7. The molecule has 1 aliphatic heterocycles. The molecule has 0 saturated carbocycles. The Labute approximate surface area is 161 Å². The molecule has 0 fully saturated rings. The van der Waals surface area contributed by atoms with E-state index in [1.54, 1.807) is 0 Å². The molecule has 1 atom stereocenters. The van der Waals surface area contributed by atoms with Gasteiger partial charge in [-0.25, -0.2) is 9.98 Å². The average molecular weight is 413 g/mol. The Bertz CT molecular complexity index is 909. The molecule has 2 aromatic rings. The van der Waals surface area contributed by atoms with Crippen molar-refractivity contribution in [3.05, 3.63) is 45.9 Å². The van der Waals surface area contributed by atoms with E-state index < -0.39 is 28.8 Å². The molecule has 0 saturated heterocycles. The fraction of sp³-hybridized carbons (Fsp3) is 0.294. The Morgan fingerprint density at radius 3 is 2.78 bits per heavy atom. The second-order valence-corrected chi connectivity index (χ2v) is 8.06. The van der Waals surface area contributed by atoms with Gasteiger partial charge in [0.1, 0.15) is 5.25 Å². The minimum atomic E-state index is -4.49. The van der Waals surface area contributed by atoms with E-state index in [1.807, 2.05) is 12.3 Å². The van der Waals surface area contributed by atoms with Crippen LogP contribution in [0.25, 0.3) is 0 Å². The number of hydrogen-bond donors (Lipinski definition) is 1. The van der Waals surface area contributed by atoms with Gasteiger partial charge >= 0.3 is 6.18 Å². The first-order valence-corrected chi connectivity index (χ1v) is 9.63. The van der Waals surface area contributed by atoms with Crippen molar-refractivity contribution in [3.63, 3.8) is 0 Å². The summed E-state index contributed by atoms with van der Waals surface area (Å²) in [7, 11) is 0. The minimum absolute atomic E-state index is 0.0321. The van der Waals surface area contributed by atoms with Gasteiger partial charge in [0.05, 0.1) is 15.6 Å². The highest BCUT2D eigenvalue weighted by molar-refractivity contribution is 8.15. The monoisotopic (exact) mass is 413 g/mol. The Morgan fingerprint density at radius 2 is 2.11 bits per heavy atom. The number of carbonyl (C=O) groups is 2. The van der Waals surface area contributed by atoms with Crippen LogP contribution in [0.15, 0.2) is 34.6 Å². The number of aryl methyl sites for hydroxylation is 1. The number of alkyl halides is 3. The van der Waals surface area contributed by atoms with Gasteiger partial charge in [0, 0.05) is 29.6 Å². The third kappa shape index (κ3) is 5.16. The molecule has 1 aromatic carbocycles. The quantitative estimate of drug-likeness (QED) is 0.802. The Balaban J connectivity index is 1.57. The van der Waals surface area contributed by atoms with Crippen LogP contribution in [0, 0.1) is 6.92 Å². The fourth-order valence-corrected chi connectivity index (χ4v) is 4.36. The molecule has 1 aliphatic rings. The number of aliphatic imine (C=N–C) groups is 1. The highest BCUT2D eigenvalue weighted by Crippen LogP contribution is 2.31. The average Bonchev–Trinajstić information content (AvgIpc) is 3.12. The van der Waals surface area contributed by atoms with Gasteiger partial charge in [-0.05, 0) is 25.1 Å². The molecular weight excluding hydrogens is 399 g/mol. The van der Waals surface area contributed by atoms with E-state index in [4.69, 9.17) is 0 Å². The number of nitrogens with one attached hydrogen (secondary N) is 1. The normalized spacial score (nSPS) is 17.1. The summed E-state index contributed by atoms with van der Waals surface area (Å²) in [5.74, 6) is -0.954. The fourth-order valence-electron chi connectivity index (χ4n) is 2.41. The molecule has 0 aliphatic carbocycles. The topological polar surface area (TPSA) is 71.4 Å². The number of benzene rings is 1. The molecule has 1 aromatic heterocycles. The first-order chi connectivity index (χ1) is 12.7. The van der Waals surface area contributed by atoms with Crippen LogP contribution in [0.4, 0.5) is 18.9 Å². The lowest BCUT2D eigenvalue weighted by atomic mass is 10.2. The number of aromatic nitrogens is 1. The van der Waals surface area contributed by atoms with Crippen molar-refractivity contribution in [2.45, 2.75) is 31.2 Å². The smallest absolute Gasteiger partial charge is 0.326 e. The molecule has 2 amide bonds. The first-order valence-electron chi connectivity index (χ1n) is 7.87. The van der Waals surface area contributed by atoms with Crippen LogP contribution in [0.5, 0.6) is 0 Å². The second-order valence-electron chi connectivity index (χ2n) is 5.84. The van der Waals surface area contributed by atoms with Gasteiger partial charge in [-0.2, -0.15) is 13.2 Å². The van der Waals surface area contributed by atoms with Gasteiger partial charge in [0.2, 0.25) is 5.91 Å². The zero-order valence-electron chi connectivity index (χ0n) is 14.0. The van der Waals surface area contributed by atoms with E-state index in [-0.39, 0.29) is 12.1 Å². The van der Waals surface area contributed by atoms with Crippen LogP contribution in [0.2, 0.25) is 0 Å². The molecule has 2 heterocycles. The van der Waals surface area contributed by atoms with Gasteiger partial charge in [0.15, 0.2) is 0 Å². The number of thioether (sulfide) groups is 1. The largest absolute Gasteiger partial charge is 0.416 e. The number of carbonyl (C=O) groups excluding carboxylic acids is 2. The zero-order chi connectivity index (χ0) is 19.6. The Hall–Kier alpha value is -2.20. The van der Waals surface area contributed by atoms with Gasteiger partial charge in [0.25, 0.3) is 5.91 Å². The lowest BCUT2D eigenvalue weighted by Gasteiger charge is -2.11. The standard InChI is InChI=1S/C17H14F3N3O2S2/c1-9-8-26-14(21-9)7-15-23-16(25)12(27-15)6-13(24)22-11-4-2-3-10(5-11)17(18,19)20/h2-5,8,12H,6-7H2,1H3,(H,22,24)/t12-/m0/s1. The molecule has 27 heavy (non-hydrogen) atoms. The Kier molecular flexibility index (Phi) is 5.66. The van der Waals surface area contributed by atoms with E-state index in [9.17, 15) is 22.8 Å². The lowest BCUT2D eigenvalue weighted by molar-refractivity contribution is -0.137. The molecule has 0 unspecified atom stereocenters. The summed E-state index contributed by atoms with van der Waals surface area (Å²) in [6.45, 7) is 1.87. The summed E-state index contributed by atoms with van der Waals surface area (Å²) in [4.78, 5) is 32.4. The highest BCUT2D eigenvalue weighted by atomic mass is 32.2. The van der Waals surface area contributed by atoms with Gasteiger partial charge in [-0.15, -0.1) is 11.3 Å². The molecule has 3 rings (SSSR count). The molecule has 0 radical (unpaired) electrons. The van der Waals surface area contributed by atoms with E-state index in [1.165, 1.54) is 35.2 Å². The van der Waals surface area contributed by atoms with Gasteiger partial charge in [-0.1, -0.05) is 17.8 Å². The number of nitrogens with zero attached hydrogens (tertiary/aromatic N) is 2. The molecule has 0 spiro atoms. The predicted molar refractivity (Wildman–Crippen MR) is 99.1 cm³/mol. The van der Waals surface area contributed by atoms with Crippen LogP contribution in [-0.2, 0) is 22.2 Å². The van der Waals surface area contributed by atoms with E-state index >= 15 is 0 Å².